The predicted molar refractivity (Wildman–Crippen MR) is 61.7 cm³/mol. The summed E-state index contributed by atoms with van der Waals surface area (Å²) < 4.78 is 18.5. The molecule has 0 amide bonds. The molecule has 0 spiro atoms. The average molecular weight is 245 g/mol. The van der Waals surface area contributed by atoms with Gasteiger partial charge in [-0.25, -0.2) is 4.39 Å². The molecule has 0 aliphatic carbocycles. The molecular weight excluding hydrogens is 233 g/mol. The number of nitrogens with zero attached hydrogens (tertiary/aromatic N) is 3. The lowest BCUT2D eigenvalue weighted by atomic mass is 10.1. The van der Waals surface area contributed by atoms with E-state index in [1.807, 2.05) is 11.0 Å². The fourth-order valence-corrected chi connectivity index (χ4v) is 1.99. The van der Waals surface area contributed by atoms with Crippen LogP contribution in [0, 0.1) is 28.5 Å². The molecule has 1 aromatic rings. The van der Waals surface area contributed by atoms with Gasteiger partial charge in [-0.1, -0.05) is 0 Å². The third kappa shape index (κ3) is 3.04. The molecule has 5 heteroatoms. The van der Waals surface area contributed by atoms with Crippen LogP contribution in [0.3, 0.4) is 0 Å². The molecule has 4 nitrogen and oxygen atoms in total. The van der Waals surface area contributed by atoms with Gasteiger partial charge in [0, 0.05) is 19.6 Å². The second kappa shape index (κ2) is 5.59. The zero-order valence-electron chi connectivity index (χ0n) is 9.77. The topological polar surface area (TPSA) is 60.1 Å². The highest BCUT2D eigenvalue weighted by Crippen LogP contribution is 2.13. The van der Waals surface area contributed by atoms with Gasteiger partial charge in [-0.2, -0.15) is 10.5 Å². The summed E-state index contributed by atoms with van der Waals surface area (Å²) in [6, 6.07) is 8.28. The van der Waals surface area contributed by atoms with E-state index in [0.717, 1.165) is 5.56 Å². The Hall–Kier alpha value is -1.95. The molecule has 92 valence electrons. The molecule has 1 heterocycles. The Balaban J connectivity index is 2.07. The van der Waals surface area contributed by atoms with Crippen LogP contribution in [0.5, 0.6) is 0 Å². The number of nitriles is 2. The number of morpholine rings is 1. The van der Waals surface area contributed by atoms with Crippen LogP contribution in [-0.2, 0) is 11.3 Å². The summed E-state index contributed by atoms with van der Waals surface area (Å²) in [5.41, 5.74) is 1.06. The van der Waals surface area contributed by atoms with Crippen LogP contribution in [0.1, 0.15) is 11.1 Å². The van der Waals surface area contributed by atoms with E-state index in [-0.39, 0.29) is 0 Å². The maximum atomic E-state index is 13.3. The third-order valence-electron chi connectivity index (χ3n) is 2.79. The van der Waals surface area contributed by atoms with Gasteiger partial charge < -0.3 is 4.74 Å². The van der Waals surface area contributed by atoms with Gasteiger partial charge in [-0.05, 0) is 23.8 Å². The van der Waals surface area contributed by atoms with Crippen LogP contribution in [0.2, 0.25) is 0 Å². The number of halogens is 1. The van der Waals surface area contributed by atoms with Gasteiger partial charge in [0.1, 0.15) is 5.82 Å². The zero-order chi connectivity index (χ0) is 13.0. The Labute approximate surface area is 105 Å². The largest absolute Gasteiger partial charge is 0.361 e. The van der Waals surface area contributed by atoms with E-state index in [1.165, 1.54) is 12.1 Å². The van der Waals surface area contributed by atoms with Crippen LogP contribution < -0.4 is 0 Å². The van der Waals surface area contributed by atoms with Gasteiger partial charge in [-0.15, -0.1) is 0 Å². The average Bonchev–Trinajstić information content (AvgIpc) is 2.38. The molecule has 0 bridgehead atoms. The van der Waals surface area contributed by atoms with Crippen LogP contribution in [-0.4, -0.2) is 30.7 Å². The maximum Gasteiger partial charge on any atom is 0.156 e. The highest BCUT2D eigenvalue weighted by molar-refractivity contribution is 5.33. The summed E-state index contributed by atoms with van der Waals surface area (Å²) in [6.07, 6.45) is -0.428. The van der Waals surface area contributed by atoms with Gasteiger partial charge in [0.2, 0.25) is 0 Å². The maximum absolute atomic E-state index is 13.3. The minimum absolute atomic E-state index is 0.315. The molecule has 1 atom stereocenters. The molecule has 1 saturated heterocycles. The number of ether oxygens (including phenoxy) is 1. The standard InChI is InChI=1S/C13H12FN3O/c14-12-4-10(6-15)3-11(5-12)8-17-1-2-18-13(7-16)9-17/h3-5,13H,1-2,8-9H2. The molecule has 1 aliphatic heterocycles. The Bertz CT molecular complexity index is 518. The summed E-state index contributed by atoms with van der Waals surface area (Å²) in [5, 5.41) is 17.6. The molecule has 0 radical (unpaired) electrons. The van der Waals surface area contributed by atoms with E-state index < -0.39 is 11.9 Å². The van der Waals surface area contributed by atoms with Crippen molar-refractivity contribution in [3.8, 4) is 12.1 Å². The van der Waals surface area contributed by atoms with Crippen molar-refractivity contribution in [2.75, 3.05) is 19.7 Å². The van der Waals surface area contributed by atoms with Gasteiger partial charge in [0.05, 0.1) is 24.3 Å². The Morgan fingerprint density at radius 1 is 1.39 bits per heavy atom. The van der Waals surface area contributed by atoms with Crippen molar-refractivity contribution < 1.29 is 9.13 Å². The molecule has 0 saturated carbocycles. The van der Waals surface area contributed by atoms with E-state index in [0.29, 0.717) is 31.8 Å². The monoisotopic (exact) mass is 245 g/mol. The lowest BCUT2D eigenvalue weighted by Crippen LogP contribution is -2.41. The quantitative estimate of drug-likeness (QED) is 0.790. The number of hydrogen-bond donors (Lipinski definition) is 0. The summed E-state index contributed by atoms with van der Waals surface area (Å²) >= 11 is 0. The van der Waals surface area contributed by atoms with Crippen molar-refractivity contribution >= 4 is 0 Å². The molecule has 0 aromatic heterocycles. The second-order valence-electron chi connectivity index (χ2n) is 4.18. The van der Waals surface area contributed by atoms with Crippen LogP contribution in [0.15, 0.2) is 18.2 Å². The van der Waals surface area contributed by atoms with Gasteiger partial charge in [-0.3, -0.25) is 4.90 Å². The summed E-state index contributed by atoms with van der Waals surface area (Å²) in [4.78, 5) is 2.02. The first-order valence-electron chi connectivity index (χ1n) is 5.64. The fourth-order valence-electron chi connectivity index (χ4n) is 1.99. The molecule has 0 N–H and O–H groups in total. The van der Waals surface area contributed by atoms with E-state index >= 15 is 0 Å². The van der Waals surface area contributed by atoms with Crippen molar-refractivity contribution in [3.05, 3.63) is 35.1 Å². The lowest BCUT2D eigenvalue weighted by Gasteiger charge is -2.29. The normalized spacial score (nSPS) is 20.1. The van der Waals surface area contributed by atoms with Crippen LogP contribution in [0.4, 0.5) is 4.39 Å². The molecule has 1 aliphatic rings. The van der Waals surface area contributed by atoms with Gasteiger partial charge >= 0.3 is 0 Å². The first-order valence-corrected chi connectivity index (χ1v) is 5.64. The second-order valence-corrected chi connectivity index (χ2v) is 4.18. The first-order chi connectivity index (χ1) is 8.71. The third-order valence-corrected chi connectivity index (χ3v) is 2.79. The smallest absolute Gasteiger partial charge is 0.156 e. The van der Waals surface area contributed by atoms with Gasteiger partial charge in [0.25, 0.3) is 0 Å². The van der Waals surface area contributed by atoms with E-state index in [1.54, 1.807) is 6.07 Å². The molecule has 1 aromatic carbocycles. The van der Waals surface area contributed by atoms with Crippen molar-refractivity contribution in [2.45, 2.75) is 12.6 Å². The molecule has 18 heavy (non-hydrogen) atoms. The lowest BCUT2D eigenvalue weighted by molar-refractivity contribution is -0.00271. The minimum Gasteiger partial charge on any atom is -0.361 e. The fraction of sp³-hybridized carbons (Fsp3) is 0.385. The molecular formula is C13H12FN3O. The van der Waals surface area contributed by atoms with Crippen LogP contribution in [0.25, 0.3) is 0 Å². The zero-order valence-corrected chi connectivity index (χ0v) is 9.77. The number of hydrogen-bond acceptors (Lipinski definition) is 4. The summed E-state index contributed by atoms with van der Waals surface area (Å²) in [5.74, 6) is -0.408. The summed E-state index contributed by atoms with van der Waals surface area (Å²) in [6.45, 7) is 2.23. The number of rotatable bonds is 2. The summed E-state index contributed by atoms with van der Waals surface area (Å²) in [7, 11) is 0. The van der Waals surface area contributed by atoms with Crippen molar-refractivity contribution in [2.24, 2.45) is 0 Å². The SMILES string of the molecule is N#Cc1cc(F)cc(CN2CCOC(C#N)C2)c1. The predicted octanol–water partition coefficient (Wildman–Crippen LogP) is 1.42. The highest BCUT2D eigenvalue weighted by Gasteiger charge is 2.20. The molecule has 1 fully saturated rings. The minimum atomic E-state index is -0.428. The number of benzene rings is 1. The first kappa shape index (κ1) is 12.5. The Kier molecular flexibility index (Phi) is 3.88. The Morgan fingerprint density at radius 2 is 2.22 bits per heavy atom. The van der Waals surface area contributed by atoms with E-state index in [2.05, 4.69) is 6.07 Å². The van der Waals surface area contributed by atoms with Crippen LogP contribution >= 0.6 is 0 Å². The van der Waals surface area contributed by atoms with E-state index in [4.69, 9.17) is 15.3 Å². The highest BCUT2D eigenvalue weighted by atomic mass is 19.1. The molecule has 1 unspecified atom stereocenters. The van der Waals surface area contributed by atoms with Crippen molar-refractivity contribution in [1.29, 1.82) is 10.5 Å². The van der Waals surface area contributed by atoms with Gasteiger partial charge in [0.15, 0.2) is 6.10 Å². The van der Waals surface area contributed by atoms with E-state index in [9.17, 15) is 4.39 Å². The van der Waals surface area contributed by atoms with Crippen molar-refractivity contribution in [1.82, 2.24) is 4.90 Å². The van der Waals surface area contributed by atoms with Crippen molar-refractivity contribution in [3.63, 3.8) is 0 Å². The Morgan fingerprint density at radius 3 is 2.94 bits per heavy atom. The molecule has 2 rings (SSSR count).